The van der Waals surface area contributed by atoms with Crippen molar-refractivity contribution in [2.75, 3.05) is 14.1 Å². The van der Waals surface area contributed by atoms with Crippen LogP contribution in [0, 0.1) is 0 Å². The van der Waals surface area contributed by atoms with E-state index in [0.717, 1.165) is 22.9 Å². The van der Waals surface area contributed by atoms with Gasteiger partial charge >= 0.3 is 12.1 Å². The number of hydrogen-bond donors (Lipinski definition) is 0. The summed E-state index contributed by atoms with van der Waals surface area (Å²) in [6.07, 6.45) is -2.13. The van der Waals surface area contributed by atoms with Crippen LogP contribution in [0.1, 0.15) is 16.1 Å². The summed E-state index contributed by atoms with van der Waals surface area (Å²) in [5, 5.41) is 3.80. The highest BCUT2D eigenvalue weighted by molar-refractivity contribution is 5.96. The van der Waals surface area contributed by atoms with Crippen molar-refractivity contribution in [3.05, 3.63) is 58.0 Å². The number of rotatable bonds is 3. The molecule has 2 rings (SSSR count). The van der Waals surface area contributed by atoms with E-state index in [-0.39, 0.29) is 5.69 Å². The van der Waals surface area contributed by atoms with Gasteiger partial charge in [-0.15, -0.1) is 0 Å². The summed E-state index contributed by atoms with van der Waals surface area (Å²) >= 11 is 0. The van der Waals surface area contributed by atoms with Gasteiger partial charge in [-0.2, -0.15) is 23.3 Å². The maximum Gasteiger partial charge on any atom is 0.416 e. The van der Waals surface area contributed by atoms with Crippen LogP contribution < -0.4 is 5.43 Å². The molecule has 0 aliphatic rings. The minimum absolute atomic E-state index is 0.0652. The molecule has 0 spiro atoms. The van der Waals surface area contributed by atoms with E-state index in [1.165, 1.54) is 29.6 Å². The van der Waals surface area contributed by atoms with Gasteiger partial charge in [0.15, 0.2) is 5.69 Å². The average Bonchev–Trinajstić information content (AvgIpc) is 2.52. The zero-order valence-electron chi connectivity index (χ0n) is 12.8. The number of nitrogens with zero attached hydrogens (tertiary/aromatic N) is 4. The Morgan fingerprint density at radius 2 is 2.00 bits per heavy atom. The quantitative estimate of drug-likeness (QED) is 0.634. The number of halogens is 3. The molecule has 1 aromatic heterocycles. The smallest absolute Gasteiger partial charge is 0.369 e. The number of carbonyl (C=O) groups excluding carboxylic acids is 1. The summed E-state index contributed by atoms with van der Waals surface area (Å²) in [5.74, 6) is -0.880. The summed E-state index contributed by atoms with van der Waals surface area (Å²) in [6.45, 7) is 0. The lowest BCUT2D eigenvalue weighted by Crippen LogP contribution is -2.21. The predicted octanol–water partition coefficient (Wildman–Crippen LogP) is 1.98. The van der Waals surface area contributed by atoms with Crippen LogP contribution >= 0.6 is 0 Å². The second-order valence-electron chi connectivity index (χ2n) is 5.03. The maximum atomic E-state index is 12.8. The standard InChI is InChI=1S/C15H13F3N4O2/c1-21(2)9-19-14(24)13-12(23)6-7-22(20-13)11-5-3-4-10(8-11)15(16,17)18/h3-9H,1-2H3. The van der Waals surface area contributed by atoms with E-state index in [2.05, 4.69) is 10.1 Å². The first-order valence-corrected chi connectivity index (χ1v) is 6.71. The number of alkyl halides is 3. The molecular weight excluding hydrogens is 325 g/mol. The molecule has 126 valence electrons. The third kappa shape index (κ3) is 4.06. The fraction of sp³-hybridized carbons (Fsp3) is 0.200. The van der Waals surface area contributed by atoms with Gasteiger partial charge in [-0.1, -0.05) is 6.07 Å². The molecule has 0 saturated carbocycles. The number of amides is 1. The van der Waals surface area contributed by atoms with Crippen molar-refractivity contribution < 1.29 is 18.0 Å². The van der Waals surface area contributed by atoms with Gasteiger partial charge in [0.25, 0.3) is 0 Å². The van der Waals surface area contributed by atoms with Gasteiger partial charge in [-0.3, -0.25) is 9.59 Å². The highest BCUT2D eigenvalue weighted by Gasteiger charge is 2.30. The Bertz CT molecular complexity index is 841. The van der Waals surface area contributed by atoms with Crippen LogP contribution in [0.25, 0.3) is 5.69 Å². The van der Waals surface area contributed by atoms with Gasteiger partial charge in [0.05, 0.1) is 17.6 Å². The van der Waals surface area contributed by atoms with Crippen LogP contribution in [0.15, 0.2) is 46.3 Å². The Morgan fingerprint density at radius 3 is 2.62 bits per heavy atom. The minimum atomic E-state index is -4.51. The molecule has 1 heterocycles. The summed E-state index contributed by atoms with van der Waals surface area (Å²) in [6, 6.07) is 5.42. The van der Waals surface area contributed by atoms with Crippen molar-refractivity contribution in [1.82, 2.24) is 14.7 Å². The number of benzene rings is 1. The monoisotopic (exact) mass is 338 g/mol. The molecule has 24 heavy (non-hydrogen) atoms. The summed E-state index contributed by atoms with van der Waals surface area (Å²) in [7, 11) is 3.27. The van der Waals surface area contributed by atoms with E-state index in [1.807, 2.05) is 0 Å². The van der Waals surface area contributed by atoms with Gasteiger partial charge in [0.1, 0.15) is 0 Å². The Hall–Kier alpha value is -2.97. The normalized spacial score (nSPS) is 11.7. The Labute approximate surface area is 134 Å². The molecular formula is C15H13F3N4O2. The van der Waals surface area contributed by atoms with E-state index in [9.17, 15) is 22.8 Å². The van der Waals surface area contributed by atoms with Crippen LogP contribution in [0.5, 0.6) is 0 Å². The third-order valence-corrected chi connectivity index (χ3v) is 2.85. The summed E-state index contributed by atoms with van der Waals surface area (Å²) < 4.78 is 39.3. The van der Waals surface area contributed by atoms with Crippen molar-refractivity contribution in [3.8, 4) is 5.69 Å². The van der Waals surface area contributed by atoms with Crippen LogP contribution in [0.3, 0.4) is 0 Å². The van der Waals surface area contributed by atoms with Crippen LogP contribution in [0.2, 0.25) is 0 Å². The molecule has 1 amide bonds. The van der Waals surface area contributed by atoms with Crippen LogP contribution in [-0.4, -0.2) is 41.0 Å². The number of aliphatic imine (C=N–C) groups is 1. The maximum absolute atomic E-state index is 12.8. The molecule has 0 N–H and O–H groups in total. The second-order valence-corrected chi connectivity index (χ2v) is 5.03. The molecule has 0 atom stereocenters. The van der Waals surface area contributed by atoms with Crippen molar-refractivity contribution in [3.63, 3.8) is 0 Å². The first kappa shape index (κ1) is 17.4. The average molecular weight is 338 g/mol. The summed E-state index contributed by atoms with van der Waals surface area (Å²) in [4.78, 5) is 28.7. The molecule has 1 aromatic carbocycles. The van der Waals surface area contributed by atoms with Crippen molar-refractivity contribution in [2.24, 2.45) is 4.99 Å². The molecule has 2 aromatic rings. The van der Waals surface area contributed by atoms with Crippen molar-refractivity contribution in [2.45, 2.75) is 6.18 Å². The highest BCUT2D eigenvalue weighted by Crippen LogP contribution is 2.30. The zero-order valence-corrected chi connectivity index (χ0v) is 12.8. The highest BCUT2D eigenvalue weighted by atomic mass is 19.4. The molecule has 0 bridgehead atoms. The lowest BCUT2D eigenvalue weighted by Gasteiger charge is -2.10. The lowest BCUT2D eigenvalue weighted by molar-refractivity contribution is -0.137. The van der Waals surface area contributed by atoms with E-state index in [4.69, 9.17) is 0 Å². The molecule has 0 saturated heterocycles. The van der Waals surface area contributed by atoms with E-state index >= 15 is 0 Å². The van der Waals surface area contributed by atoms with Gasteiger partial charge in [-0.05, 0) is 18.2 Å². The van der Waals surface area contributed by atoms with Gasteiger partial charge in [0, 0.05) is 26.4 Å². The minimum Gasteiger partial charge on any atom is -0.369 e. The second kappa shape index (κ2) is 6.65. The fourth-order valence-electron chi connectivity index (χ4n) is 1.75. The van der Waals surface area contributed by atoms with Crippen molar-refractivity contribution >= 4 is 12.2 Å². The van der Waals surface area contributed by atoms with Gasteiger partial charge in [-0.25, -0.2) is 4.68 Å². The molecule has 9 heteroatoms. The molecule has 0 aliphatic heterocycles. The number of aromatic nitrogens is 2. The largest absolute Gasteiger partial charge is 0.416 e. The first-order valence-electron chi connectivity index (χ1n) is 6.71. The summed E-state index contributed by atoms with van der Waals surface area (Å²) in [5.41, 5.74) is -1.94. The predicted molar refractivity (Wildman–Crippen MR) is 81.3 cm³/mol. The Kier molecular flexibility index (Phi) is 4.82. The molecule has 0 unspecified atom stereocenters. The number of hydrogen-bond acceptors (Lipinski definition) is 3. The molecule has 0 fully saturated rings. The Morgan fingerprint density at radius 1 is 1.29 bits per heavy atom. The van der Waals surface area contributed by atoms with Crippen molar-refractivity contribution in [1.29, 1.82) is 0 Å². The Balaban J connectivity index is 2.45. The SMILES string of the molecule is CN(C)C=NC(=O)c1nn(-c2cccc(C(F)(F)F)c2)ccc1=O. The molecule has 6 nitrogen and oxygen atoms in total. The van der Waals surface area contributed by atoms with Crippen LogP contribution in [-0.2, 0) is 6.18 Å². The molecule has 0 aliphatic carbocycles. The number of carbonyl (C=O) groups is 1. The van der Waals surface area contributed by atoms with Crippen LogP contribution in [0.4, 0.5) is 13.2 Å². The topological polar surface area (TPSA) is 67.6 Å². The van der Waals surface area contributed by atoms with E-state index < -0.39 is 28.8 Å². The van der Waals surface area contributed by atoms with E-state index in [1.54, 1.807) is 14.1 Å². The lowest BCUT2D eigenvalue weighted by atomic mass is 10.2. The fourth-order valence-corrected chi connectivity index (χ4v) is 1.75. The third-order valence-electron chi connectivity index (χ3n) is 2.85. The van der Waals surface area contributed by atoms with E-state index in [0.29, 0.717) is 0 Å². The van der Waals surface area contributed by atoms with Gasteiger partial charge < -0.3 is 4.90 Å². The first-order chi connectivity index (χ1) is 11.2. The zero-order chi connectivity index (χ0) is 17.9. The molecule has 0 radical (unpaired) electrons. The van der Waals surface area contributed by atoms with Gasteiger partial charge in [0.2, 0.25) is 5.43 Å².